The number of methoxy groups -OCH3 is 1. The van der Waals surface area contributed by atoms with E-state index in [2.05, 4.69) is 0 Å². The smallest absolute Gasteiger partial charge is 0.310 e. The molecular weight excluding hydrogens is 284 g/mol. The van der Waals surface area contributed by atoms with E-state index in [0.717, 1.165) is 0 Å². The molecule has 2 rings (SSSR count). The fraction of sp³-hybridized carbons (Fsp3) is 0.462. The van der Waals surface area contributed by atoms with Crippen molar-refractivity contribution in [2.45, 2.75) is 13.0 Å². The van der Waals surface area contributed by atoms with Crippen molar-refractivity contribution in [3.63, 3.8) is 0 Å². The zero-order valence-electron chi connectivity index (χ0n) is 11.0. The van der Waals surface area contributed by atoms with Crippen molar-refractivity contribution < 1.29 is 14.5 Å². The van der Waals surface area contributed by atoms with E-state index in [0.29, 0.717) is 36.6 Å². The summed E-state index contributed by atoms with van der Waals surface area (Å²) >= 11 is 6.06. The minimum Gasteiger partial charge on any atom is -0.469 e. The monoisotopic (exact) mass is 298 g/mol. The van der Waals surface area contributed by atoms with Gasteiger partial charge in [-0.25, -0.2) is 0 Å². The van der Waals surface area contributed by atoms with Crippen LogP contribution in [-0.2, 0) is 16.1 Å². The molecule has 1 aliphatic heterocycles. The number of nitrogens with zero attached hydrogens (tertiary/aromatic N) is 2. The molecule has 7 heteroatoms. The van der Waals surface area contributed by atoms with Crippen LogP contribution in [0.1, 0.15) is 12.0 Å². The average Bonchev–Trinajstić information content (AvgIpc) is 2.88. The molecule has 1 aromatic rings. The lowest BCUT2D eigenvalue weighted by Gasteiger charge is -2.16. The van der Waals surface area contributed by atoms with E-state index in [9.17, 15) is 14.9 Å². The van der Waals surface area contributed by atoms with Crippen LogP contribution in [0.25, 0.3) is 0 Å². The third-order valence-electron chi connectivity index (χ3n) is 3.48. The lowest BCUT2D eigenvalue weighted by Crippen LogP contribution is -2.24. The number of benzene rings is 1. The molecule has 6 nitrogen and oxygen atoms in total. The number of hydrogen-bond donors (Lipinski definition) is 0. The SMILES string of the molecule is COC(=O)C1CCN(Cc2c(Cl)cccc2[N+](=O)[O-])C1. The maximum absolute atomic E-state index is 11.5. The van der Waals surface area contributed by atoms with Crippen LogP contribution in [0.3, 0.4) is 0 Å². The minimum absolute atomic E-state index is 0.0130. The first-order valence-corrected chi connectivity index (χ1v) is 6.62. The summed E-state index contributed by atoms with van der Waals surface area (Å²) in [6.45, 7) is 1.60. The zero-order chi connectivity index (χ0) is 14.7. The highest BCUT2D eigenvalue weighted by Crippen LogP contribution is 2.29. The highest BCUT2D eigenvalue weighted by molar-refractivity contribution is 6.31. The molecule has 1 unspecified atom stereocenters. The normalized spacial score (nSPS) is 19.0. The van der Waals surface area contributed by atoms with E-state index in [1.807, 2.05) is 4.90 Å². The summed E-state index contributed by atoms with van der Waals surface area (Å²) in [5.41, 5.74) is 0.503. The highest BCUT2D eigenvalue weighted by atomic mass is 35.5. The molecular formula is C13H15ClN2O4. The lowest BCUT2D eigenvalue weighted by molar-refractivity contribution is -0.385. The van der Waals surface area contributed by atoms with Gasteiger partial charge in [-0.15, -0.1) is 0 Å². The summed E-state index contributed by atoms with van der Waals surface area (Å²) < 4.78 is 4.72. The van der Waals surface area contributed by atoms with Gasteiger partial charge in [-0.05, 0) is 19.0 Å². The van der Waals surface area contributed by atoms with E-state index >= 15 is 0 Å². The van der Waals surface area contributed by atoms with E-state index in [-0.39, 0.29) is 17.6 Å². The van der Waals surface area contributed by atoms with Crippen LogP contribution in [0.4, 0.5) is 5.69 Å². The summed E-state index contributed by atoms with van der Waals surface area (Å²) in [5, 5.41) is 11.4. The van der Waals surface area contributed by atoms with Crippen molar-refractivity contribution >= 4 is 23.3 Å². The molecule has 1 aromatic carbocycles. The number of carbonyl (C=O) groups excluding carboxylic acids is 1. The van der Waals surface area contributed by atoms with Gasteiger partial charge in [0.1, 0.15) is 0 Å². The Labute approximate surface area is 121 Å². The van der Waals surface area contributed by atoms with Gasteiger partial charge in [-0.2, -0.15) is 0 Å². The number of likely N-dealkylation sites (tertiary alicyclic amines) is 1. The Bertz CT molecular complexity index is 535. The van der Waals surface area contributed by atoms with Crippen LogP contribution in [0.5, 0.6) is 0 Å². The summed E-state index contributed by atoms with van der Waals surface area (Å²) in [4.78, 5) is 24.0. The molecule has 1 saturated heterocycles. The standard InChI is InChI=1S/C13H15ClN2O4/c1-20-13(17)9-5-6-15(7-9)8-10-11(14)3-2-4-12(10)16(18)19/h2-4,9H,5-8H2,1H3. The Morgan fingerprint density at radius 1 is 1.60 bits per heavy atom. The number of halogens is 1. The third kappa shape index (κ3) is 3.08. The second kappa shape index (κ2) is 6.19. The molecule has 0 amide bonds. The lowest BCUT2D eigenvalue weighted by atomic mass is 10.1. The Hall–Kier alpha value is -1.66. The van der Waals surface area contributed by atoms with Crippen LogP contribution >= 0.6 is 11.6 Å². The molecule has 0 spiro atoms. The number of nitro benzene ring substituents is 1. The van der Waals surface area contributed by atoms with Crippen LogP contribution in [-0.4, -0.2) is 36.0 Å². The Morgan fingerprint density at radius 3 is 3.00 bits per heavy atom. The van der Waals surface area contributed by atoms with Crippen LogP contribution in [0.2, 0.25) is 5.02 Å². The van der Waals surface area contributed by atoms with E-state index in [1.54, 1.807) is 12.1 Å². The van der Waals surface area contributed by atoms with Crippen molar-refractivity contribution in [2.75, 3.05) is 20.2 Å². The second-order valence-electron chi connectivity index (χ2n) is 4.74. The molecule has 108 valence electrons. The summed E-state index contributed by atoms with van der Waals surface area (Å²) in [7, 11) is 1.36. The Kier molecular flexibility index (Phi) is 4.57. The van der Waals surface area contributed by atoms with Gasteiger partial charge in [0.05, 0.1) is 28.5 Å². The Balaban J connectivity index is 2.12. The molecule has 20 heavy (non-hydrogen) atoms. The van der Waals surface area contributed by atoms with E-state index in [1.165, 1.54) is 13.2 Å². The number of carbonyl (C=O) groups is 1. The summed E-state index contributed by atoms with van der Waals surface area (Å²) in [6, 6.07) is 4.64. The Morgan fingerprint density at radius 2 is 2.35 bits per heavy atom. The van der Waals surface area contributed by atoms with Gasteiger partial charge in [-0.1, -0.05) is 17.7 Å². The van der Waals surface area contributed by atoms with E-state index < -0.39 is 4.92 Å². The fourth-order valence-corrected chi connectivity index (χ4v) is 2.66. The first kappa shape index (κ1) is 14.7. The summed E-state index contributed by atoms with van der Waals surface area (Å²) in [5.74, 6) is -0.400. The van der Waals surface area contributed by atoms with Crippen LogP contribution in [0.15, 0.2) is 18.2 Å². The number of rotatable bonds is 4. The first-order valence-electron chi connectivity index (χ1n) is 6.25. The van der Waals surface area contributed by atoms with Crippen LogP contribution < -0.4 is 0 Å². The van der Waals surface area contributed by atoms with Crippen molar-refractivity contribution in [1.82, 2.24) is 4.90 Å². The first-order chi connectivity index (χ1) is 9.52. The average molecular weight is 299 g/mol. The third-order valence-corrected chi connectivity index (χ3v) is 3.83. The molecule has 0 aliphatic carbocycles. The van der Waals surface area contributed by atoms with Crippen LogP contribution in [0, 0.1) is 16.0 Å². The molecule has 1 atom stereocenters. The predicted octanol–water partition coefficient (Wildman–Crippen LogP) is 2.24. The van der Waals surface area contributed by atoms with E-state index in [4.69, 9.17) is 16.3 Å². The van der Waals surface area contributed by atoms with Gasteiger partial charge in [0, 0.05) is 19.2 Å². The highest BCUT2D eigenvalue weighted by Gasteiger charge is 2.30. The molecule has 0 N–H and O–H groups in total. The fourth-order valence-electron chi connectivity index (χ4n) is 2.43. The second-order valence-corrected chi connectivity index (χ2v) is 5.15. The quantitative estimate of drug-likeness (QED) is 0.484. The molecule has 1 heterocycles. The largest absolute Gasteiger partial charge is 0.469 e. The zero-order valence-corrected chi connectivity index (χ0v) is 11.8. The number of nitro groups is 1. The maximum Gasteiger partial charge on any atom is 0.310 e. The van der Waals surface area contributed by atoms with Crippen molar-refractivity contribution in [1.29, 1.82) is 0 Å². The minimum atomic E-state index is -0.435. The van der Waals surface area contributed by atoms with Gasteiger partial charge in [0.2, 0.25) is 0 Å². The van der Waals surface area contributed by atoms with Gasteiger partial charge < -0.3 is 4.74 Å². The van der Waals surface area contributed by atoms with Crippen molar-refractivity contribution in [3.05, 3.63) is 38.9 Å². The number of hydrogen-bond acceptors (Lipinski definition) is 5. The van der Waals surface area contributed by atoms with Crippen molar-refractivity contribution in [2.24, 2.45) is 5.92 Å². The summed E-state index contributed by atoms with van der Waals surface area (Å²) in [6.07, 6.45) is 0.699. The molecule has 1 fully saturated rings. The van der Waals surface area contributed by atoms with Gasteiger partial charge in [0.15, 0.2) is 0 Å². The molecule has 0 aromatic heterocycles. The molecule has 0 radical (unpaired) electrons. The molecule has 1 aliphatic rings. The maximum atomic E-state index is 11.5. The van der Waals surface area contributed by atoms with Gasteiger partial charge >= 0.3 is 5.97 Å². The van der Waals surface area contributed by atoms with Gasteiger partial charge in [-0.3, -0.25) is 19.8 Å². The predicted molar refractivity (Wildman–Crippen MR) is 73.5 cm³/mol. The van der Waals surface area contributed by atoms with Crippen molar-refractivity contribution in [3.8, 4) is 0 Å². The van der Waals surface area contributed by atoms with Gasteiger partial charge in [0.25, 0.3) is 5.69 Å². The molecule has 0 saturated carbocycles. The topological polar surface area (TPSA) is 72.7 Å². The molecule has 0 bridgehead atoms. The number of esters is 1. The number of ether oxygens (including phenoxy) is 1.